The molecule has 2 heterocycles. The number of rotatable bonds is 4. The van der Waals surface area contributed by atoms with Crippen molar-refractivity contribution in [1.29, 1.82) is 0 Å². The van der Waals surface area contributed by atoms with Crippen LogP contribution in [0.5, 0.6) is 0 Å². The summed E-state index contributed by atoms with van der Waals surface area (Å²) in [7, 11) is 0. The maximum atomic E-state index is 12.0. The maximum absolute atomic E-state index is 12.0. The minimum absolute atomic E-state index is 0.0503. The molecule has 2 aromatic rings. The minimum atomic E-state index is -0.452. The quantitative estimate of drug-likeness (QED) is 0.403. The van der Waals surface area contributed by atoms with Crippen molar-refractivity contribution >= 4 is 22.9 Å². The number of fused-ring (bicyclic) bond motifs is 1. The monoisotopic (exact) mass is 275 g/mol. The lowest BCUT2D eigenvalue weighted by atomic mass is 10.0. The van der Waals surface area contributed by atoms with Crippen LogP contribution >= 0.6 is 0 Å². The first-order valence-corrected chi connectivity index (χ1v) is 5.64. The Morgan fingerprint density at radius 3 is 2.75 bits per heavy atom. The second-order valence-electron chi connectivity index (χ2n) is 4.05. The molecule has 20 heavy (non-hydrogen) atoms. The van der Waals surface area contributed by atoms with Gasteiger partial charge in [0, 0.05) is 12.3 Å². The summed E-state index contributed by atoms with van der Waals surface area (Å²) in [6.45, 7) is 0.0571. The summed E-state index contributed by atoms with van der Waals surface area (Å²) in [5.74, 6) is 7.04. The van der Waals surface area contributed by atoms with Crippen molar-refractivity contribution in [3.63, 3.8) is 0 Å². The fourth-order valence-corrected chi connectivity index (χ4v) is 1.80. The Morgan fingerprint density at radius 2 is 2.10 bits per heavy atom. The molecule has 0 aliphatic heterocycles. The van der Waals surface area contributed by atoms with Gasteiger partial charge in [0.25, 0.3) is 5.56 Å². The lowest BCUT2D eigenvalue weighted by Gasteiger charge is -2.12. The number of hydrogen-bond acceptors (Lipinski definition) is 8. The predicted octanol–water partition coefficient (Wildman–Crippen LogP) is -1.13. The van der Waals surface area contributed by atoms with Crippen LogP contribution in [-0.2, 0) is 4.84 Å². The van der Waals surface area contributed by atoms with Crippen LogP contribution in [0.2, 0.25) is 0 Å². The van der Waals surface area contributed by atoms with E-state index < -0.39 is 11.5 Å². The molecule has 0 fully saturated rings. The van der Waals surface area contributed by atoms with E-state index in [2.05, 4.69) is 30.7 Å². The van der Waals surface area contributed by atoms with Crippen LogP contribution in [-0.4, -0.2) is 26.5 Å². The summed E-state index contributed by atoms with van der Waals surface area (Å²) in [6.07, 6.45) is 5.50. The van der Waals surface area contributed by atoms with E-state index in [4.69, 9.17) is 23.8 Å². The molecule has 9 heteroatoms. The molecule has 7 N–H and O–H groups in total. The van der Waals surface area contributed by atoms with Gasteiger partial charge in [-0.3, -0.25) is 4.79 Å². The minimum Gasteiger partial charge on any atom is -0.382 e. The van der Waals surface area contributed by atoms with Crippen LogP contribution in [0.4, 0.5) is 11.8 Å². The van der Waals surface area contributed by atoms with Crippen molar-refractivity contribution in [2.24, 2.45) is 5.90 Å². The second kappa shape index (κ2) is 5.52. The zero-order valence-corrected chi connectivity index (χ0v) is 10.5. The van der Waals surface area contributed by atoms with Crippen LogP contribution < -0.4 is 22.9 Å². The van der Waals surface area contributed by atoms with Gasteiger partial charge in [0.1, 0.15) is 11.2 Å². The van der Waals surface area contributed by atoms with Gasteiger partial charge in [0.2, 0.25) is 5.95 Å². The molecule has 0 aliphatic rings. The third-order valence-corrected chi connectivity index (χ3v) is 2.67. The number of H-pyrrole nitrogens is 1. The molecule has 0 saturated carbocycles. The summed E-state index contributed by atoms with van der Waals surface area (Å²) >= 11 is 0. The summed E-state index contributed by atoms with van der Waals surface area (Å²) in [6, 6.07) is 0. The Labute approximate surface area is 113 Å². The van der Waals surface area contributed by atoms with Gasteiger partial charge < -0.3 is 21.3 Å². The summed E-state index contributed by atoms with van der Waals surface area (Å²) in [5, 5.41) is 0. The molecular weight excluding hydrogens is 262 g/mol. The number of anilines is 2. The molecule has 0 bridgehead atoms. The van der Waals surface area contributed by atoms with Gasteiger partial charge in [-0.25, -0.2) is 10.9 Å². The summed E-state index contributed by atoms with van der Waals surface area (Å²) in [4.78, 5) is 30.9. The molecule has 1 unspecified atom stereocenters. The van der Waals surface area contributed by atoms with E-state index in [-0.39, 0.29) is 41.7 Å². The number of nitrogens with one attached hydrogen (secondary N) is 1. The van der Waals surface area contributed by atoms with Crippen molar-refractivity contribution in [3.05, 3.63) is 16.0 Å². The topological polar surface area (TPSA) is 159 Å². The first-order chi connectivity index (χ1) is 9.56. The van der Waals surface area contributed by atoms with E-state index >= 15 is 0 Å². The SMILES string of the molecule is C#CCC(CON)c1nc2c(N)nc(N)nc2[nH]c1=O. The van der Waals surface area contributed by atoms with Gasteiger partial charge in [-0.2, -0.15) is 9.97 Å². The largest absolute Gasteiger partial charge is 0.382 e. The number of aromatic nitrogens is 4. The summed E-state index contributed by atoms with van der Waals surface area (Å²) in [5.41, 5.74) is 11.3. The van der Waals surface area contributed by atoms with Gasteiger partial charge >= 0.3 is 0 Å². The normalized spacial score (nSPS) is 12.2. The third-order valence-electron chi connectivity index (χ3n) is 2.67. The van der Waals surface area contributed by atoms with Crippen molar-refractivity contribution < 1.29 is 4.84 Å². The molecule has 9 nitrogen and oxygen atoms in total. The van der Waals surface area contributed by atoms with E-state index in [9.17, 15) is 4.79 Å². The van der Waals surface area contributed by atoms with Gasteiger partial charge in [-0.05, 0) is 0 Å². The van der Waals surface area contributed by atoms with Crippen molar-refractivity contribution in [3.8, 4) is 12.3 Å². The molecule has 2 rings (SSSR count). The van der Waals surface area contributed by atoms with Crippen molar-refractivity contribution in [2.75, 3.05) is 18.1 Å². The van der Waals surface area contributed by atoms with E-state index in [1.165, 1.54) is 0 Å². The molecule has 1 atom stereocenters. The number of nitrogens with two attached hydrogens (primary N) is 3. The maximum Gasteiger partial charge on any atom is 0.271 e. The highest BCUT2D eigenvalue weighted by Crippen LogP contribution is 2.18. The van der Waals surface area contributed by atoms with Crippen LogP contribution in [0.15, 0.2) is 4.79 Å². The van der Waals surface area contributed by atoms with Crippen molar-refractivity contribution in [2.45, 2.75) is 12.3 Å². The Morgan fingerprint density at radius 1 is 1.35 bits per heavy atom. The lowest BCUT2D eigenvalue weighted by molar-refractivity contribution is 0.122. The Bertz CT molecular complexity index is 734. The van der Waals surface area contributed by atoms with E-state index in [0.717, 1.165) is 0 Å². The average molecular weight is 275 g/mol. The number of aromatic amines is 1. The molecule has 2 aromatic heterocycles. The van der Waals surface area contributed by atoms with Crippen molar-refractivity contribution in [1.82, 2.24) is 19.9 Å². The molecule has 104 valence electrons. The van der Waals surface area contributed by atoms with E-state index in [0.29, 0.717) is 0 Å². The highest BCUT2D eigenvalue weighted by molar-refractivity contribution is 5.81. The Balaban J connectivity index is 2.63. The fraction of sp³-hybridized carbons (Fsp3) is 0.273. The number of nitrogens with zero attached hydrogens (tertiary/aromatic N) is 3. The molecule has 0 aromatic carbocycles. The smallest absolute Gasteiger partial charge is 0.271 e. The highest BCUT2D eigenvalue weighted by Gasteiger charge is 2.19. The van der Waals surface area contributed by atoms with Crippen LogP contribution in [0.1, 0.15) is 18.0 Å². The molecular formula is C11H13N7O2. The molecule has 0 radical (unpaired) electrons. The van der Waals surface area contributed by atoms with E-state index in [1.807, 2.05) is 0 Å². The van der Waals surface area contributed by atoms with Crippen LogP contribution in [0.25, 0.3) is 11.2 Å². The predicted molar refractivity (Wildman–Crippen MR) is 73.1 cm³/mol. The number of nitrogen functional groups attached to an aromatic ring is 2. The first kappa shape index (κ1) is 13.7. The lowest BCUT2D eigenvalue weighted by Crippen LogP contribution is -2.23. The fourth-order valence-electron chi connectivity index (χ4n) is 1.80. The molecule has 0 amide bonds. The first-order valence-electron chi connectivity index (χ1n) is 5.64. The van der Waals surface area contributed by atoms with E-state index in [1.54, 1.807) is 0 Å². The highest BCUT2D eigenvalue weighted by atomic mass is 16.6. The zero-order valence-electron chi connectivity index (χ0n) is 10.5. The van der Waals surface area contributed by atoms with Crippen LogP contribution in [0, 0.1) is 12.3 Å². The van der Waals surface area contributed by atoms with Crippen LogP contribution in [0.3, 0.4) is 0 Å². The number of terminal acetylenes is 1. The molecule has 0 saturated heterocycles. The van der Waals surface area contributed by atoms with Gasteiger partial charge in [-0.1, -0.05) is 0 Å². The third kappa shape index (κ3) is 2.51. The molecule has 0 spiro atoms. The zero-order chi connectivity index (χ0) is 14.7. The number of hydrogen-bond donors (Lipinski definition) is 4. The average Bonchev–Trinajstić information content (AvgIpc) is 2.37. The van der Waals surface area contributed by atoms with Gasteiger partial charge in [-0.15, -0.1) is 12.3 Å². The summed E-state index contributed by atoms with van der Waals surface area (Å²) < 4.78 is 0. The second-order valence-corrected chi connectivity index (χ2v) is 4.05. The Kier molecular flexibility index (Phi) is 3.79. The van der Waals surface area contributed by atoms with Gasteiger partial charge in [0.15, 0.2) is 11.5 Å². The van der Waals surface area contributed by atoms with Gasteiger partial charge in [0.05, 0.1) is 6.61 Å². The molecule has 0 aliphatic carbocycles. The Hall–Kier alpha value is -2.70. The standard InChI is InChI=1S/C11H13N7O2/c1-2-3-5(4-20-14)6-10(19)17-9-7(15-6)8(12)16-11(13)18-9/h1,5H,3-4,14H2,(H5,12,13,16,17,18,19).